The van der Waals surface area contributed by atoms with Crippen molar-refractivity contribution in [2.24, 2.45) is 23.3 Å². The Bertz CT molecular complexity index is 1610. The summed E-state index contributed by atoms with van der Waals surface area (Å²) in [7, 11) is 1.58. The zero-order valence-corrected chi connectivity index (χ0v) is 24.6. The number of hydrogen-bond donors (Lipinski definition) is 4. The molecule has 0 bridgehead atoms. The number of pyridine rings is 1. The van der Waals surface area contributed by atoms with Crippen molar-refractivity contribution in [1.82, 2.24) is 15.2 Å². The number of anilines is 1. The van der Waals surface area contributed by atoms with Gasteiger partial charge in [0.15, 0.2) is 0 Å². The zero-order chi connectivity index (χ0) is 29.1. The number of methoxy groups -OCH3 is 1. The van der Waals surface area contributed by atoms with Crippen molar-refractivity contribution in [3.8, 4) is 17.0 Å². The van der Waals surface area contributed by atoms with Gasteiger partial charge in [0.25, 0.3) is 5.56 Å². The predicted octanol–water partition coefficient (Wildman–Crippen LogP) is 3.85. The van der Waals surface area contributed by atoms with Gasteiger partial charge in [0, 0.05) is 35.3 Å². The third-order valence-corrected chi connectivity index (χ3v) is 8.21. The summed E-state index contributed by atoms with van der Waals surface area (Å²) in [5.74, 6) is -0.0263. The van der Waals surface area contributed by atoms with Crippen LogP contribution in [0.4, 0.5) is 5.69 Å². The molecule has 1 saturated carbocycles. The van der Waals surface area contributed by atoms with E-state index in [1.165, 1.54) is 4.90 Å². The molecule has 2 aromatic carbocycles. The maximum atomic E-state index is 14.1. The summed E-state index contributed by atoms with van der Waals surface area (Å²) in [5, 5.41) is 5.89. The molecule has 42 heavy (non-hydrogen) atoms. The number of halogens is 1. The number of aryl methyl sites for hydroxylation is 1. The van der Waals surface area contributed by atoms with Crippen LogP contribution in [-0.4, -0.2) is 46.7 Å². The number of H-pyrrole nitrogens is 2. The molecule has 0 unspecified atom stereocenters. The lowest BCUT2D eigenvalue weighted by Gasteiger charge is -2.35. The molecule has 0 saturated heterocycles. The summed E-state index contributed by atoms with van der Waals surface area (Å²) in [6, 6.07) is 15.8. The highest BCUT2D eigenvalue weighted by molar-refractivity contribution is 6.03. The van der Waals surface area contributed by atoms with Gasteiger partial charge in [-0.05, 0) is 80.5 Å². The quantitative estimate of drug-likeness (QED) is 0.231. The van der Waals surface area contributed by atoms with Gasteiger partial charge >= 0.3 is 0 Å². The molecule has 1 aliphatic carbocycles. The molecule has 4 aromatic rings. The lowest BCUT2D eigenvalue weighted by atomic mass is 9.81. The SMILES string of the molecule is COc1ccc(-c2ccc(C[C@@H](C(N)=O)N(c3ccc4c(=O)[nH][nH]c4c3)C(=O)[C@H]3CC[C@H](CN)CC3)cc2)c(C)n1.Cl. The van der Waals surface area contributed by atoms with E-state index in [0.29, 0.717) is 47.8 Å². The zero-order valence-electron chi connectivity index (χ0n) is 23.8. The molecule has 1 fully saturated rings. The van der Waals surface area contributed by atoms with Gasteiger partial charge in [0.1, 0.15) is 6.04 Å². The second-order valence-corrected chi connectivity index (χ2v) is 10.8. The van der Waals surface area contributed by atoms with E-state index in [2.05, 4.69) is 15.2 Å². The molecule has 1 atom stereocenters. The second-order valence-electron chi connectivity index (χ2n) is 10.8. The van der Waals surface area contributed by atoms with Crippen molar-refractivity contribution in [3.05, 3.63) is 76.2 Å². The molecular formula is C31H37ClN6O4. The van der Waals surface area contributed by atoms with E-state index in [1.807, 2.05) is 43.3 Å². The Balaban J connectivity index is 0.00000405. The predicted molar refractivity (Wildman–Crippen MR) is 166 cm³/mol. The summed E-state index contributed by atoms with van der Waals surface area (Å²) in [4.78, 5) is 45.2. The molecule has 11 heteroatoms. The number of hydrogen-bond acceptors (Lipinski definition) is 6. The van der Waals surface area contributed by atoms with Gasteiger partial charge in [-0.1, -0.05) is 24.3 Å². The van der Waals surface area contributed by atoms with Gasteiger partial charge < -0.3 is 16.2 Å². The summed E-state index contributed by atoms with van der Waals surface area (Å²) >= 11 is 0. The number of carbonyl (C=O) groups excluding carboxylic acids is 2. The summed E-state index contributed by atoms with van der Waals surface area (Å²) < 4.78 is 5.22. The largest absolute Gasteiger partial charge is 0.481 e. The average molecular weight is 593 g/mol. The van der Waals surface area contributed by atoms with Crippen LogP contribution in [-0.2, 0) is 16.0 Å². The first-order valence-electron chi connectivity index (χ1n) is 13.9. The van der Waals surface area contributed by atoms with Gasteiger partial charge in [-0.25, -0.2) is 4.98 Å². The van der Waals surface area contributed by atoms with Crippen molar-refractivity contribution in [2.45, 2.75) is 45.1 Å². The number of ether oxygens (including phenoxy) is 1. The van der Waals surface area contributed by atoms with E-state index in [1.54, 1.807) is 25.3 Å². The highest BCUT2D eigenvalue weighted by Gasteiger charge is 2.36. The fourth-order valence-corrected chi connectivity index (χ4v) is 5.80. The Kier molecular flexibility index (Phi) is 9.70. The minimum Gasteiger partial charge on any atom is -0.481 e. The standard InChI is InChI=1S/C31H36N6O4.ClH/c1-18-24(13-14-28(34-18)41-2)21-7-3-19(4-8-21)15-27(29(33)38)37(31(40)22-9-5-20(17-32)6-10-22)23-11-12-25-26(16-23)35-36-30(25)39;/h3-4,7-8,11-14,16,20,22,27H,5-6,9-10,15,17,32H2,1-2H3,(H2,33,38)(H2,35,36,39);1H/t20-,22-,27-;/m0./s1. The van der Waals surface area contributed by atoms with Crippen molar-refractivity contribution in [1.29, 1.82) is 0 Å². The van der Waals surface area contributed by atoms with Gasteiger partial charge in [0.2, 0.25) is 17.7 Å². The van der Waals surface area contributed by atoms with Crippen LogP contribution in [0.15, 0.2) is 59.4 Å². The highest BCUT2D eigenvalue weighted by atomic mass is 35.5. The number of fused-ring (bicyclic) bond motifs is 1. The fourth-order valence-electron chi connectivity index (χ4n) is 5.80. The number of aromatic amines is 2. The van der Waals surface area contributed by atoms with Gasteiger partial charge in [-0.3, -0.25) is 29.5 Å². The van der Waals surface area contributed by atoms with Gasteiger partial charge in [0.05, 0.1) is 18.0 Å². The smallest absolute Gasteiger partial charge is 0.271 e. The lowest BCUT2D eigenvalue weighted by molar-refractivity contribution is -0.127. The first kappa shape index (κ1) is 30.8. The highest BCUT2D eigenvalue weighted by Crippen LogP contribution is 2.33. The summed E-state index contributed by atoms with van der Waals surface area (Å²) in [6.07, 6.45) is 3.38. The maximum absolute atomic E-state index is 14.1. The minimum absolute atomic E-state index is 0. The van der Waals surface area contributed by atoms with Crippen molar-refractivity contribution >= 4 is 40.8 Å². The topological polar surface area (TPSA) is 160 Å². The second kappa shape index (κ2) is 13.2. The number of nitrogens with one attached hydrogen (secondary N) is 2. The molecule has 2 heterocycles. The number of benzene rings is 2. The summed E-state index contributed by atoms with van der Waals surface area (Å²) in [6.45, 7) is 2.53. The number of nitrogens with two attached hydrogens (primary N) is 2. The molecule has 2 amide bonds. The van der Waals surface area contributed by atoms with Crippen LogP contribution < -0.4 is 26.7 Å². The fraction of sp³-hybridized carbons (Fsp3) is 0.355. The molecule has 5 rings (SSSR count). The van der Waals surface area contributed by atoms with E-state index in [9.17, 15) is 14.4 Å². The molecule has 0 radical (unpaired) electrons. The van der Waals surface area contributed by atoms with Crippen LogP contribution in [0, 0.1) is 18.8 Å². The molecule has 6 N–H and O–H groups in total. The normalized spacial score (nSPS) is 17.3. The van der Waals surface area contributed by atoms with E-state index >= 15 is 0 Å². The Morgan fingerprint density at radius 3 is 2.38 bits per heavy atom. The van der Waals surface area contributed by atoms with Crippen LogP contribution in [0.2, 0.25) is 0 Å². The molecule has 0 aliphatic heterocycles. The lowest BCUT2D eigenvalue weighted by Crippen LogP contribution is -2.52. The van der Waals surface area contributed by atoms with Gasteiger partial charge in [-0.15, -0.1) is 12.4 Å². The first-order chi connectivity index (χ1) is 19.8. The van der Waals surface area contributed by atoms with E-state index in [0.717, 1.165) is 35.2 Å². The van der Waals surface area contributed by atoms with Crippen molar-refractivity contribution in [2.75, 3.05) is 18.6 Å². The minimum atomic E-state index is -0.923. The third kappa shape index (κ3) is 6.34. The van der Waals surface area contributed by atoms with E-state index in [4.69, 9.17) is 16.2 Å². The number of amides is 2. The Morgan fingerprint density at radius 1 is 1.05 bits per heavy atom. The summed E-state index contributed by atoms with van der Waals surface area (Å²) in [5.41, 5.74) is 16.3. The van der Waals surface area contributed by atoms with E-state index < -0.39 is 11.9 Å². The molecule has 1 aliphatic rings. The van der Waals surface area contributed by atoms with Crippen molar-refractivity contribution in [3.63, 3.8) is 0 Å². The number of rotatable bonds is 9. The maximum Gasteiger partial charge on any atom is 0.271 e. The average Bonchev–Trinajstić information content (AvgIpc) is 3.36. The van der Waals surface area contributed by atoms with Crippen LogP contribution in [0.5, 0.6) is 5.88 Å². The van der Waals surface area contributed by atoms with Gasteiger partial charge in [-0.2, -0.15) is 0 Å². The molecule has 222 valence electrons. The molecule has 2 aromatic heterocycles. The molecule has 0 spiro atoms. The molecular weight excluding hydrogens is 556 g/mol. The molecule has 10 nitrogen and oxygen atoms in total. The number of carbonyl (C=O) groups is 2. The Morgan fingerprint density at radius 2 is 1.76 bits per heavy atom. The number of nitrogens with zero attached hydrogens (tertiary/aromatic N) is 2. The number of primary amides is 1. The monoisotopic (exact) mass is 592 g/mol. The Labute approximate surface area is 250 Å². The third-order valence-electron chi connectivity index (χ3n) is 8.21. The van der Waals surface area contributed by atoms with Crippen LogP contribution in [0.3, 0.4) is 0 Å². The van der Waals surface area contributed by atoms with Crippen molar-refractivity contribution < 1.29 is 14.3 Å². The van der Waals surface area contributed by atoms with Crippen LogP contribution >= 0.6 is 12.4 Å². The van der Waals surface area contributed by atoms with Crippen LogP contribution in [0.1, 0.15) is 36.9 Å². The van der Waals surface area contributed by atoms with E-state index in [-0.39, 0.29) is 36.2 Å². The Hall–Kier alpha value is -4.15. The number of aromatic nitrogens is 3. The van der Waals surface area contributed by atoms with Crippen LogP contribution in [0.25, 0.3) is 22.0 Å². The first-order valence-corrected chi connectivity index (χ1v) is 13.9.